The van der Waals surface area contributed by atoms with Crippen molar-refractivity contribution in [1.82, 2.24) is 10.2 Å². The van der Waals surface area contributed by atoms with Crippen LogP contribution in [0, 0.1) is 0 Å². The van der Waals surface area contributed by atoms with Gasteiger partial charge in [-0.05, 0) is 47.2 Å². The molecule has 1 unspecified atom stereocenters. The van der Waals surface area contributed by atoms with Crippen molar-refractivity contribution in [2.75, 3.05) is 20.1 Å². The molecule has 0 aromatic heterocycles. The molecule has 0 aliphatic carbocycles. The minimum atomic E-state index is 0.314. The van der Waals surface area contributed by atoms with E-state index < -0.39 is 0 Å². The lowest BCUT2D eigenvalue weighted by Gasteiger charge is -2.45. The van der Waals surface area contributed by atoms with E-state index in [1.165, 1.54) is 25.8 Å². The zero-order valence-corrected chi connectivity index (χ0v) is 9.56. The number of hydrogen-bond acceptors (Lipinski definition) is 2. The number of rotatable bonds is 3. The molecule has 0 amide bonds. The van der Waals surface area contributed by atoms with E-state index in [1.54, 1.807) is 0 Å². The fourth-order valence-corrected chi connectivity index (χ4v) is 2.53. The van der Waals surface area contributed by atoms with Gasteiger partial charge in [-0.25, -0.2) is 0 Å². The molecule has 78 valence electrons. The predicted octanol–water partition coefficient (Wildman–Crippen LogP) is 1.86. The average molecular weight is 184 g/mol. The predicted molar refractivity (Wildman–Crippen MR) is 58.0 cm³/mol. The highest BCUT2D eigenvalue weighted by Crippen LogP contribution is 2.24. The Balaban J connectivity index is 2.56. The van der Waals surface area contributed by atoms with E-state index in [0.29, 0.717) is 5.54 Å². The van der Waals surface area contributed by atoms with Crippen LogP contribution < -0.4 is 5.32 Å². The van der Waals surface area contributed by atoms with Crippen molar-refractivity contribution >= 4 is 0 Å². The van der Waals surface area contributed by atoms with Gasteiger partial charge in [0, 0.05) is 18.1 Å². The second-order valence-electron chi connectivity index (χ2n) is 4.88. The van der Waals surface area contributed by atoms with Crippen molar-refractivity contribution in [2.24, 2.45) is 0 Å². The first-order valence-corrected chi connectivity index (χ1v) is 5.49. The summed E-state index contributed by atoms with van der Waals surface area (Å²) in [4.78, 5) is 2.65. The van der Waals surface area contributed by atoms with Gasteiger partial charge in [-0.1, -0.05) is 6.42 Å². The third kappa shape index (κ3) is 2.68. The van der Waals surface area contributed by atoms with Gasteiger partial charge in [0.25, 0.3) is 0 Å². The van der Waals surface area contributed by atoms with Crippen molar-refractivity contribution in [3.63, 3.8) is 0 Å². The Kier molecular flexibility index (Phi) is 3.74. The first-order valence-electron chi connectivity index (χ1n) is 5.49. The Morgan fingerprint density at radius 3 is 2.62 bits per heavy atom. The first-order chi connectivity index (χ1) is 6.08. The summed E-state index contributed by atoms with van der Waals surface area (Å²) >= 11 is 0. The number of nitrogens with one attached hydrogen (secondary N) is 1. The molecule has 1 N–H and O–H groups in total. The minimum absolute atomic E-state index is 0.314. The zero-order chi connectivity index (χ0) is 9.90. The molecule has 0 bridgehead atoms. The highest BCUT2D eigenvalue weighted by Gasteiger charge is 2.31. The van der Waals surface area contributed by atoms with Crippen LogP contribution in [0.4, 0.5) is 0 Å². The summed E-state index contributed by atoms with van der Waals surface area (Å²) in [6, 6.07) is 0.761. The van der Waals surface area contributed by atoms with Crippen LogP contribution in [-0.2, 0) is 0 Å². The van der Waals surface area contributed by atoms with Crippen molar-refractivity contribution in [3.8, 4) is 0 Å². The van der Waals surface area contributed by atoms with Gasteiger partial charge >= 0.3 is 0 Å². The van der Waals surface area contributed by atoms with Gasteiger partial charge in [0.1, 0.15) is 0 Å². The summed E-state index contributed by atoms with van der Waals surface area (Å²) in [5.41, 5.74) is 0.314. The number of nitrogens with zero attached hydrogens (tertiary/aromatic N) is 1. The standard InChI is InChI=1S/C11H24N2/c1-10-7-5-6-8-13(10)11(2,3)9-12-4/h10,12H,5-9H2,1-4H3. The van der Waals surface area contributed by atoms with Crippen molar-refractivity contribution in [3.05, 3.63) is 0 Å². The summed E-state index contributed by atoms with van der Waals surface area (Å²) in [5.74, 6) is 0. The van der Waals surface area contributed by atoms with Crippen LogP contribution in [0.25, 0.3) is 0 Å². The Bertz CT molecular complexity index is 154. The number of likely N-dealkylation sites (N-methyl/N-ethyl adjacent to an activating group) is 1. The average Bonchev–Trinajstić information content (AvgIpc) is 2.04. The van der Waals surface area contributed by atoms with E-state index >= 15 is 0 Å². The Labute approximate surface area is 82.7 Å². The molecule has 2 heteroatoms. The van der Waals surface area contributed by atoms with Crippen LogP contribution in [0.3, 0.4) is 0 Å². The summed E-state index contributed by atoms with van der Waals surface area (Å²) in [6.07, 6.45) is 4.15. The number of piperidine rings is 1. The van der Waals surface area contributed by atoms with Gasteiger partial charge in [-0.3, -0.25) is 4.90 Å². The Morgan fingerprint density at radius 2 is 2.08 bits per heavy atom. The molecule has 0 radical (unpaired) electrons. The molecule has 0 saturated carbocycles. The van der Waals surface area contributed by atoms with Gasteiger partial charge in [0.05, 0.1) is 0 Å². The van der Waals surface area contributed by atoms with E-state index in [9.17, 15) is 0 Å². The molecule has 1 aliphatic heterocycles. The number of hydrogen-bond donors (Lipinski definition) is 1. The molecule has 0 spiro atoms. The van der Waals surface area contributed by atoms with Crippen LogP contribution in [0.2, 0.25) is 0 Å². The van der Waals surface area contributed by atoms with E-state index in [-0.39, 0.29) is 0 Å². The Hall–Kier alpha value is -0.0800. The third-order valence-corrected chi connectivity index (χ3v) is 3.19. The summed E-state index contributed by atoms with van der Waals surface area (Å²) in [5, 5.41) is 3.28. The highest BCUT2D eigenvalue weighted by atomic mass is 15.2. The van der Waals surface area contributed by atoms with Gasteiger partial charge in [0.2, 0.25) is 0 Å². The SMILES string of the molecule is CNCC(C)(C)N1CCCCC1C. The summed E-state index contributed by atoms with van der Waals surface area (Å²) in [7, 11) is 2.04. The monoisotopic (exact) mass is 184 g/mol. The molecule has 1 aliphatic rings. The summed E-state index contributed by atoms with van der Waals surface area (Å²) in [6.45, 7) is 9.39. The molecular formula is C11H24N2. The minimum Gasteiger partial charge on any atom is -0.318 e. The van der Waals surface area contributed by atoms with Crippen LogP contribution in [-0.4, -0.2) is 36.6 Å². The maximum Gasteiger partial charge on any atom is 0.0280 e. The van der Waals surface area contributed by atoms with Crippen LogP contribution >= 0.6 is 0 Å². The van der Waals surface area contributed by atoms with Crippen molar-refractivity contribution < 1.29 is 0 Å². The smallest absolute Gasteiger partial charge is 0.0280 e. The fourth-order valence-electron chi connectivity index (χ4n) is 2.53. The molecular weight excluding hydrogens is 160 g/mol. The highest BCUT2D eigenvalue weighted by molar-refractivity contribution is 4.88. The lowest BCUT2D eigenvalue weighted by Crippen LogP contribution is -2.55. The third-order valence-electron chi connectivity index (χ3n) is 3.19. The topological polar surface area (TPSA) is 15.3 Å². The zero-order valence-electron chi connectivity index (χ0n) is 9.56. The van der Waals surface area contributed by atoms with Crippen molar-refractivity contribution in [1.29, 1.82) is 0 Å². The van der Waals surface area contributed by atoms with Gasteiger partial charge in [0.15, 0.2) is 0 Å². The lowest BCUT2D eigenvalue weighted by molar-refractivity contribution is 0.0497. The van der Waals surface area contributed by atoms with Crippen LogP contribution in [0.5, 0.6) is 0 Å². The van der Waals surface area contributed by atoms with E-state index in [1.807, 2.05) is 7.05 Å². The summed E-state index contributed by atoms with van der Waals surface area (Å²) < 4.78 is 0. The van der Waals surface area contributed by atoms with E-state index in [2.05, 4.69) is 31.0 Å². The number of likely N-dealkylation sites (tertiary alicyclic amines) is 1. The fraction of sp³-hybridized carbons (Fsp3) is 1.00. The first kappa shape index (κ1) is 11.0. The maximum atomic E-state index is 3.28. The molecule has 1 fully saturated rings. The molecule has 1 atom stereocenters. The van der Waals surface area contributed by atoms with Crippen LogP contribution in [0.1, 0.15) is 40.0 Å². The second-order valence-corrected chi connectivity index (χ2v) is 4.88. The normalized spacial score (nSPS) is 26.3. The van der Waals surface area contributed by atoms with E-state index in [4.69, 9.17) is 0 Å². The second kappa shape index (κ2) is 4.43. The van der Waals surface area contributed by atoms with Crippen LogP contribution in [0.15, 0.2) is 0 Å². The van der Waals surface area contributed by atoms with Gasteiger partial charge < -0.3 is 5.32 Å². The van der Waals surface area contributed by atoms with Crippen molar-refractivity contribution in [2.45, 2.75) is 51.6 Å². The lowest BCUT2D eigenvalue weighted by atomic mass is 9.94. The molecule has 1 heterocycles. The largest absolute Gasteiger partial charge is 0.318 e. The van der Waals surface area contributed by atoms with Gasteiger partial charge in [-0.15, -0.1) is 0 Å². The maximum absolute atomic E-state index is 3.28. The molecule has 2 nitrogen and oxygen atoms in total. The molecule has 0 aromatic carbocycles. The molecule has 0 aromatic rings. The molecule has 13 heavy (non-hydrogen) atoms. The van der Waals surface area contributed by atoms with E-state index in [0.717, 1.165) is 12.6 Å². The molecule has 1 saturated heterocycles. The Morgan fingerprint density at radius 1 is 1.38 bits per heavy atom. The van der Waals surface area contributed by atoms with Gasteiger partial charge in [-0.2, -0.15) is 0 Å². The quantitative estimate of drug-likeness (QED) is 0.720. The molecule has 1 rings (SSSR count).